The molecule has 0 aliphatic carbocycles. The lowest BCUT2D eigenvalue weighted by molar-refractivity contribution is 0.484. The highest BCUT2D eigenvalue weighted by atomic mass is 16.5. The molecule has 0 unspecified atom stereocenters. The van der Waals surface area contributed by atoms with E-state index in [1.165, 1.54) is 32.7 Å². The van der Waals surface area contributed by atoms with Gasteiger partial charge in [0.05, 0.1) is 22.1 Å². The molecule has 5 nitrogen and oxygen atoms in total. The Kier molecular flexibility index (Phi) is 6.42. The van der Waals surface area contributed by atoms with Gasteiger partial charge in [-0.1, -0.05) is 64.1 Å². The zero-order valence-corrected chi connectivity index (χ0v) is 25.9. The second-order valence-corrected chi connectivity index (χ2v) is 12.4. The van der Waals surface area contributed by atoms with E-state index in [1.54, 1.807) is 0 Å². The number of para-hydroxylation sites is 2. The Morgan fingerprint density at radius 2 is 0.889 bits per heavy atom. The van der Waals surface area contributed by atoms with Crippen LogP contribution in [0.5, 0.6) is 11.5 Å². The standard InChI is InChI=1S/C40H34N4O/c1-25(2)27-17-19-41-39(21-27)43-35-11-7-5-9-31(35)33-15-13-29(23-37(33)43)45-30-14-16-34-32-10-6-8-12-36(32)44(38(34)24-30)40-22-28(26(3)4)18-20-42-40/h5-26H,1-4H3. The van der Waals surface area contributed by atoms with Gasteiger partial charge in [-0.2, -0.15) is 0 Å². The highest BCUT2D eigenvalue weighted by molar-refractivity contribution is 6.10. The minimum atomic E-state index is 0.410. The lowest BCUT2D eigenvalue weighted by Gasteiger charge is -2.12. The minimum Gasteiger partial charge on any atom is -0.457 e. The van der Waals surface area contributed by atoms with Gasteiger partial charge in [-0.3, -0.25) is 9.13 Å². The first kappa shape index (κ1) is 27.2. The maximum Gasteiger partial charge on any atom is 0.137 e. The average Bonchev–Trinajstić information content (AvgIpc) is 3.57. The Morgan fingerprint density at radius 3 is 1.33 bits per heavy atom. The van der Waals surface area contributed by atoms with Crippen LogP contribution >= 0.6 is 0 Å². The predicted octanol–water partition coefficient (Wildman–Crippen LogP) is 10.7. The molecule has 4 heterocycles. The van der Waals surface area contributed by atoms with Gasteiger partial charge >= 0.3 is 0 Å². The molecule has 0 N–H and O–H groups in total. The van der Waals surface area contributed by atoms with Gasteiger partial charge < -0.3 is 4.74 Å². The van der Waals surface area contributed by atoms with E-state index in [2.05, 4.69) is 146 Å². The van der Waals surface area contributed by atoms with Crippen LogP contribution in [0.4, 0.5) is 0 Å². The molecule has 4 aromatic heterocycles. The van der Waals surface area contributed by atoms with Crippen LogP contribution in [0.2, 0.25) is 0 Å². The van der Waals surface area contributed by atoms with Crippen LogP contribution in [0.3, 0.4) is 0 Å². The highest BCUT2D eigenvalue weighted by Gasteiger charge is 2.17. The van der Waals surface area contributed by atoms with Crippen molar-refractivity contribution in [3.8, 4) is 23.1 Å². The molecule has 8 rings (SSSR count). The van der Waals surface area contributed by atoms with Gasteiger partial charge in [-0.05, 0) is 83.6 Å². The lowest BCUT2D eigenvalue weighted by atomic mass is 10.1. The van der Waals surface area contributed by atoms with Crippen molar-refractivity contribution in [1.29, 1.82) is 0 Å². The van der Waals surface area contributed by atoms with Crippen molar-refractivity contribution < 1.29 is 4.74 Å². The van der Waals surface area contributed by atoms with Crippen molar-refractivity contribution in [3.63, 3.8) is 0 Å². The van der Waals surface area contributed by atoms with E-state index >= 15 is 0 Å². The van der Waals surface area contributed by atoms with Crippen LogP contribution in [-0.4, -0.2) is 19.1 Å². The largest absolute Gasteiger partial charge is 0.457 e. The molecule has 4 aromatic carbocycles. The van der Waals surface area contributed by atoms with Gasteiger partial charge in [0.15, 0.2) is 0 Å². The molecular formula is C40H34N4O. The molecule has 5 heteroatoms. The summed E-state index contributed by atoms with van der Waals surface area (Å²) in [6, 6.07) is 38.3. The monoisotopic (exact) mass is 586 g/mol. The number of rotatable bonds is 6. The summed E-state index contributed by atoms with van der Waals surface area (Å²) >= 11 is 0. The minimum absolute atomic E-state index is 0.410. The summed E-state index contributed by atoms with van der Waals surface area (Å²) in [7, 11) is 0. The average molecular weight is 587 g/mol. The SMILES string of the molecule is CC(C)c1ccnc(-n2c3ccccc3c3ccc(Oc4ccc5c6ccccc6n(-c6cc(C(C)C)ccn6)c5c4)cc32)c1. The fourth-order valence-electron chi connectivity index (χ4n) is 6.49. The van der Waals surface area contributed by atoms with E-state index in [0.717, 1.165) is 45.2 Å². The van der Waals surface area contributed by atoms with Crippen LogP contribution in [0.25, 0.3) is 55.2 Å². The predicted molar refractivity (Wildman–Crippen MR) is 185 cm³/mol. The smallest absolute Gasteiger partial charge is 0.137 e. The van der Waals surface area contributed by atoms with Crippen molar-refractivity contribution in [1.82, 2.24) is 19.1 Å². The Balaban J connectivity index is 1.27. The third-order valence-electron chi connectivity index (χ3n) is 8.86. The zero-order valence-electron chi connectivity index (χ0n) is 25.9. The van der Waals surface area contributed by atoms with E-state index in [0.29, 0.717) is 11.8 Å². The van der Waals surface area contributed by atoms with Crippen LogP contribution in [0.15, 0.2) is 122 Å². The lowest BCUT2D eigenvalue weighted by Crippen LogP contribution is -2.00. The van der Waals surface area contributed by atoms with Gasteiger partial charge in [-0.25, -0.2) is 9.97 Å². The number of aromatic nitrogens is 4. The van der Waals surface area contributed by atoms with Gasteiger partial charge in [0.1, 0.15) is 23.1 Å². The fourth-order valence-corrected chi connectivity index (χ4v) is 6.49. The number of ether oxygens (including phenoxy) is 1. The Morgan fingerprint density at radius 1 is 0.467 bits per heavy atom. The molecule has 0 spiro atoms. The molecule has 0 radical (unpaired) electrons. The van der Waals surface area contributed by atoms with Crippen LogP contribution in [-0.2, 0) is 0 Å². The number of nitrogens with zero attached hydrogens (tertiary/aromatic N) is 4. The molecular weight excluding hydrogens is 552 g/mol. The second kappa shape index (κ2) is 10.6. The van der Waals surface area contributed by atoms with Crippen molar-refractivity contribution >= 4 is 43.6 Å². The summed E-state index contributed by atoms with van der Waals surface area (Å²) in [5.41, 5.74) is 6.89. The summed E-state index contributed by atoms with van der Waals surface area (Å²) in [6.45, 7) is 8.85. The molecule has 0 bridgehead atoms. The van der Waals surface area contributed by atoms with E-state index in [1.807, 2.05) is 12.4 Å². The van der Waals surface area contributed by atoms with Crippen LogP contribution in [0.1, 0.15) is 50.7 Å². The maximum absolute atomic E-state index is 6.62. The summed E-state index contributed by atoms with van der Waals surface area (Å²) in [4.78, 5) is 9.60. The molecule has 8 aromatic rings. The van der Waals surface area contributed by atoms with Gasteiger partial charge in [0.2, 0.25) is 0 Å². The Hall–Kier alpha value is -5.42. The second-order valence-electron chi connectivity index (χ2n) is 12.4. The summed E-state index contributed by atoms with van der Waals surface area (Å²) in [5, 5.41) is 4.72. The Bertz CT molecular complexity index is 2210. The first-order valence-electron chi connectivity index (χ1n) is 15.6. The van der Waals surface area contributed by atoms with E-state index in [4.69, 9.17) is 14.7 Å². The van der Waals surface area contributed by atoms with Gasteiger partial charge in [0.25, 0.3) is 0 Å². The van der Waals surface area contributed by atoms with Crippen LogP contribution < -0.4 is 4.74 Å². The molecule has 0 aliphatic heterocycles. The quantitative estimate of drug-likeness (QED) is 0.195. The zero-order chi connectivity index (χ0) is 30.7. The summed E-state index contributed by atoms with van der Waals surface area (Å²) in [5.74, 6) is 4.18. The molecule has 0 atom stereocenters. The fraction of sp³-hybridized carbons (Fsp3) is 0.150. The van der Waals surface area contributed by atoms with Crippen molar-refractivity contribution in [2.45, 2.75) is 39.5 Å². The van der Waals surface area contributed by atoms with E-state index in [9.17, 15) is 0 Å². The third kappa shape index (κ3) is 4.54. The van der Waals surface area contributed by atoms with E-state index < -0.39 is 0 Å². The summed E-state index contributed by atoms with van der Waals surface area (Å²) < 4.78 is 11.1. The topological polar surface area (TPSA) is 44.9 Å². The van der Waals surface area contributed by atoms with Crippen molar-refractivity contribution in [3.05, 3.63) is 133 Å². The van der Waals surface area contributed by atoms with Gasteiger partial charge in [-0.15, -0.1) is 0 Å². The highest BCUT2D eigenvalue weighted by Crippen LogP contribution is 2.38. The molecule has 0 aliphatic rings. The first-order valence-corrected chi connectivity index (χ1v) is 15.6. The molecule has 0 saturated carbocycles. The number of pyridine rings is 2. The van der Waals surface area contributed by atoms with Crippen molar-refractivity contribution in [2.75, 3.05) is 0 Å². The Labute approximate surface area is 262 Å². The first-order chi connectivity index (χ1) is 22.0. The number of hydrogen-bond donors (Lipinski definition) is 0. The molecule has 220 valence electrons. The normalized spacial score (nSPS) is 12.0. The molecule has 0 amide bonds. The summed E-state index contributed by atoms with van der Waals surface area (Å²) in [6.07, 6.45) is 3.82. The molecule has 0 fully saturated rings. The number of benzene rings is 4. The molecule has 0 saturated heterocycles. The molecule has 45 heavy (non-hydrogen) atoms. The van der Waals surface area contributed by atoms with Gasteiger partial charge in [0, 0.05) is 46.1 Å². The van der Waals surface area contributed by atoms with Crippen molar-refractivity contribution in [2.24, 2.45) is 0 Å². The number of hydrogen-bond acceptors (Lipinski definition) is 3. The number of fused-ring (bicyclic) bond motifs is 6. The maximum atomic E-state index is 6.62. The van der Waals surface area contributed by atoms with Crippen LogP contribution in [0, 0.1) is 0 Å². The third-order valence-corrected chi connectivity index (χ3v) is 8.86. The van der Waals surface area contributed by atoms with E-state index in [-0.39, 0.29) is 0 Å².